The van der Waals surface area contributed by atoms with E-state index in [0.29, 0.717) is 47.4 Å². The zero-order chi connectivity index (χ0) is 37.6. The Kier molecular flexibility index (Phi) is 12.3. The fourth-order valence-electron chi connectivity index (χ4n) is 6.22. The summed E-state index contributed by atoms with van der Waals surface area (Å²) < 4.78 is 14.0. The van der Waals surface area contributed by atoms with Gasteiger partial charge in [-0.25, -0.2) is 9.79 Å². The SMILES string of the molecule is CC1CCCN1C(=N)n1cc(OC2CC[C@H](NC(=O)NC(C=C(N)C(C)(C)C)=Nc3ccc(Cl)c(OCCN(C)C)c3)c3ccccc32)ccc1=N. The number of amides is 2. The minimum Gasteiger partial charge on any atom is -0.491 e. The molecule has 6 N–H and O–H groups in total. The van der Waals surface area contributed by atoms with Crippen molar-refractivity contribution in [1.82, 2.24) is 25.0 Å². The summed E-state index contributed by atoms with van der Waals surface area (Å²) in [5.74, 6) is 1.64. The van der Waals surface area contributed by atoms with Gasteiger partial charge in [0.1, 0.15) is 35.5 Å². The minimum absolute atomic E-state index is 0.225. The van der Waals surface area contributed by atoms with Crippen molar-refractivity contribution >= 4 is 35.1 Å². The van der Waals surface area contributed by atoms with Crippen LogP contribution in [0.2, 0.25) is 5.02 Å². The Hall–Kier alpha value is -4.81. The molecular formula is C39H52ClN9O3. The number of hydrogen-bond acceptors (Lipinski definition) is 8. The fraction of sp³-hybridized carbons (Fsp3) is 0.436. The fourth-order valence-corrected chi connectivity index (χ4v) is 6.39. The Labute approximate surface area is 311 Å². The number of pyridine rings is 1. The molecule has 1 saturated heterocycles. The predicted molar refractivity (Wildman–Crippen MR) is 207 cm³/mol. The number of nitrogens with one attached hydrogen (secondary N) is 4. The number of likely N-dealkylation sites (tertiary alicyclic amines) is 1. The molecule has 1 aliphatic carbocycles. The molecule has 0 spiro atoms. The second kappa shape index (κ2) is 16.7. The standard InChI is InChI=1S/C39H52ClN9O3/c1-25-10-9-19-48(25)37(43)49-24-27(14-18-35(49)42)52-32-17-16-31(28-11-7-8-12-29(28)32)45-38(50)46-36(23-34(41)39(2,3)4)44-26-13-15-30(40)33(22-26)51-21-20-47(5)6/h7-8,11-15,18,22-25,31-32,42-43H,9-10,16-17,19-21,41H2,1-6H3,(H2,44,45,46,50)/t25?,31-,32?/m0/s1. The van der Waals surface area contributed by atoms with E-state index in [0.717, 1.165) is 37.1 Å². The number of carbonyl (C=O) groups excluding carboxylic acids is 1. The van der Waals surface area contributed by atoms with E-state index in [4.69, 9.17) is 42.6 Å². The van der Waals surface area contributed by atoms with Crippen LogP contribution in [0.5, 0.6) is 11.5 Å². The molecule has 1 aromatic heterocycles. The first-order chi connectivity index (χ1) is 24.7. The van der Waals surface area contributed by atoms with Crippen LogP contribution >= 0.6 is 11.6 Å². The number of nitrogens with zero attached hydrogens (tertiary/aromatic N) is 4. The zero-order valence-corrected chi connectivity index (χ0v) is 31.8. The summed E-state index contributed by atoms with van der Waals surface area (Å²) in [6, 6.07) is 16.2. The van der Waals surface area contributed by atoms with Crippen LogP contribution < -0.4 is 31.3 Å². The van der Waals surface area contributed by atoms with Crippen molar-refractivity contribution in [2.75, 3.05) is 33.8 Å². The number of carbonyl (C=O) groups is 1. The molecule has 52 heavy (non-hydrogen) atoms. The van der Waals surface area contributed by atoms with Crippen LogP contribution in [0, 0.1) is 16.2 Å². The van der Waals surface area contributed by atoms with Gasteiger partial charge >= 0.3 is 6.03 Å². The van der Waals surface area contributed by atoms with Crippen LogP contribution in [0.4, 0.5) is 10.5 Å². The van der Waals surface area contributed by atoms with E-state index in [1.807, 2.05) is 68.9 Å². The summed E-state index contributed by atoms with van der Waals surface area (Å²) in [5.41, 5.74) is 9.34. The van der Waals surface area contributed by atoms with Crippen LogP contribution in [0.3, 0.4) is 0 Å². The number of allylic oxidation sites excluding steroid dienone is 1. The van der Waals surface area contributed by atoms with E-state index in [1.54, 1.807) is 47.2 Å². The number of ether oxygens (including phenoxy) is 2. The molecule has 3 aromatic rings. The van der Waals surface area contributed by atoms with E-state index in [1.165, 1.54) is 0 Å². The van der Waals surface area contributed by atoms with Crippen molar-refractivity contribution in [3.63, 3.8) is 0 Å². The highest BCUT2D eigenvalue weighted by Gasteiger charge is 2.30. The first kappa shape index (κ1) is 38.4. The molecular weight excluding hydrogens is 678 g/mol. The number of halogens is 1. The smallest absolute Gasteiger partial charge is 0.320 e. The quantitative estimate of drug-likeness (QED) is 0.122. The highest BCUT2D eigenvalue weighted by Crippen LogP contribution is 2.38. The number of urea groups is 1. The number of amidine groups is 1. The lowest BCUT2D eigenvalue weighted by atomic mass is 9.85. The molecule has 1 aliphatic heterocycles. The van der Waals surface area contributed by atoms with Gasteiger partial charge in [0.25, 0.3) is 0 Å². The Bertz CT molecular complexity index is 1880. The van der Waals surface area contributed by atoms with Gasteiger partial charge in [-0.05, 0) is 82.1 Å². The number of aromatic nitrogens is 1. The summed E-state index contributed by atoms with van der Waals surface area (Å²) in [6.07, 6.45) is 6.48. The Morgan fingerprint density at radius 3 is 2.56 bits per heavy atom. The molecule has 2 amide bonds. The lowest BCUT2D eigenvalue weighted by molar-refractivity contribution is 0.171. The molecule has 13 heteroatoms. The molecule has 1 fully saturated rings. The highest BCUT2D eigenvalue weighted by atomic mass is 35.5. The number of rotatable bonds is 9. The summed E-state index contributed by atoms with van der Waals surface area (Å²) >= 11 is 6.41. The van der Waals surface area contributed by atoms with Crippen molar-refractivity contribution in [1.29, 1.82) is 10.8 Å². The maximum atomic E-state index is 13.6. The van der Waals surface area contributed by atoms with Crippen LogP contribution in [0.1, 0.15) is 76.7 Å². The number of fused-ring (bicyclic) bond motifs is 1. The predicted octanol–water partition coefficient (Wildman–Crippen LogP) is 6.70. The van der Waals surface area contributed by atoms with E-state index in [2.05, 4.69) is 17.6 Å². The summed E-state index contributed by atoms with van der Waals surface area (Å²) in [4.78, 5) is 22.4. The van der Waals surface area contributed by atoms with Crippen LogP contribution in [-0.4, -0.2) is 72.0 Å². The summed E-state index contributed by atoms with van der Waals surface area (Å²) in [7, 11) is 3.94. The van der Waals surface area contributed by atoms with E-state index in [9.17, 15) is 4.79 Å². The third-order valence-electron chi connectivity index (χ3n) is 9.35. The van der Waals surface area contributed by atoms with E-state index < -0.39 is 6.03 Å². The van der Waals surface area contributed by atoms with Gasteiger partial charge in [0.2, 0.25) is 5.96 Å². The van der Waals surface area contributed by atoms with Crippen LogP contribution in [-0.2, 0) is 0 Å². The van der Waals surface area contributed by atoms with Gasteiger partial charge in [-0.3, -0.25) is 20.7 Å². The maximum Gasteiger partial charge on any atom is 0.320 e. The van der Waals surface area contributed by atoms with E-state index in [-0.39, 0.29) is 40.9 Å². The third kappa shape index (κ3) is 9.74. The molecule has 12 nitrogen and oxygen atoms in total. The summed E-state index contributed by atoms with van der Waals surface area (Å²) in [6.45, 7) is 10.1. The van der Waals surface area contributed by atoms with Gasteiger partial charge in [0, 0.05) is 42.4 Å². The van der Waals surface area contributed by atoms with Crippen molar-refractivity contribution in [2.24, 2.45) is 16.1 Å². The Morgan fingerprint density at radius 2 is 1.87 bits per heavy atom. The van der Waals surface area contributed by atoms with Crippen molar-refractivity contribution in [3.05, 3.63) is 94.2 Å². The second-order valence-electron chi connectivity index (χ2n) is 14.7. The summed E-state index contributed by atoms with van der Waals surface area (Å²) in [5, 5.41) is 23.8. The van der Waals surface area contributed by atoms with Gasteiger partial charge in [0.05, 0.1) is 22.9 Å². The maximum absolute atomic E-state index is 13.6. The van der Waals surface area contributed by atoms with Gasteiger partial charge in [-0.15, -0.1) is 0 Å². The number of hydrogen-bond donors (Lipinski definition) is 5. The molecule has 2 aromatic carbocycles. The molecule has 0 radical (unpaired) electrons. The van der Waals surface area contributed by atoms with Gasteiger partial charge in [0.15, 0.2) is 0 Å². The average Bonchev–Trinajstić information content (AvgIpc) is 3.52. The zero-order valence-electron chi connectivity index (χ0n) is 31.0. The minimum atomic E-state index is -0.422. The third-order valence-corrected chi connectivity index (χ3v) is 9.67. The van der Waals surface area contributed by atoms with Crippen LogP contribution in [0.25, 0.3) is 0 Å². The Balaban J connectivity index is 1.33. The largest absolute Gasteiger partial charge is 0.491 e. The molecule has 2 aliphatic rings. The molecule has 0 saturated carbocycles. The molecule has 0 bridgehead atoms. The average molecular weight is 730 g/mol. The monoisotopic (exact) mass is 729 g/mol. The second-order valence-corrected chi connectivity index (χ2v) is 15.1. The Morgan fingerprint density at radius 1 is 1.12 bits per heavy atom. The van der Waals surface area contributed by atoms with Crippen molar-refractivity contribution < 1.29 is 14.3 Å². The molecule has 278 valence electrons. The first-order valence-electron chi connectivity index (χ1n) is 17.8. The lowest BCUT2D eigenvalue weighted by Crippen LogP contribution is -2.42. The molecule has 2 heterocycles. The number of likely N-dealkylation sites (N-methyl/N-ethyl adjacent to an activating group) is 1. The molecule has 5 rings (SSSR count). The van der Waals surface area contributed by atoms with Gasteiger partial charge < -0.3 is 30.3 Å². The lowest BCUT2D eigenvalue weighted by Gasteiger charge is -2.32. The van der Waals surface area contributed by atoms with E-state index >= 15 is 0 Å². The van der Waals surface area contributed by atoms with Gasteiger partial charge in [-0.1, -0.05) is 56.6 Å². The van der Waals surface area contributed by atoms with Crippen molar-refractivity contribution in [3.8, 4) is 11.5 Å². The number of aliphatic imine (C=N–C) groups is 1. The normalized spacial score (nSPS) is 19.3. The van der Waals surface area contributed by atoms with Gasteiger partial charge in [-0.2, -0.15) is 0 Å². The van der Waals surface area contributed by atoms with Crippen molar-refractivity contribution in [2.45, 2.75) is 71.6 Å². The molecule has 2 unspecified atom stereocenters. The van der Waals surface area contributed by atoms with Crippen LogP contribution in [0.15, 0.2) is 77.6 Å². The highest BCUT2D eigenvalue weighted by molar-refractivity contribution is 6.32. The number of benzene rings is 2. The number of nitrogens with two attached hydrogens (primary N) is 1. The molecule has 3 atom stereocenters. The topological polar surface area (TPSA) is 157 Å². The first-order valence-corrected chi connectivity index (χ1v) is 18.2.